The van der Waals surface area contributed by atoms with E-state index in [1.165, 1.54) is 12.3 Å². The predicted octanol–water partition coefficient (Wildman–Crippen LogP) is 1.09. The molecule has 0 atom stereocenters. The van der Waals surface area contributed by atoms with Gasteiger partial charge in [-0.15, -0.1) is 0 Å². The summed E-state index contributed by atoms with van der Waals surface area (Å²) in [5.74, 6) is 0. The first kappa shape index (κ1) is 10.8. The lowest BCUT2D eigenvalue weighted by Crippen LogP contribution is -2.13. The number of fused-ring (bicyclic) bond motifs is 1. The number of anilines is 1. The number of nitrogens with zero attached hydrogens (tertiary/aromatic N) is 2. The fourth-order valence-corrected chi connectivity index (χ4v) is 2.57. The Kier molecular flexibility index (Phi) is 2.30. The maximum absolute atomic E-state index is 11.9. The molecule has 0 unspecified atom stereocenters. The van der Waals surface area contributed by atoms with Crippen molar-refractivity contribution in [1.82, 2.24) is 20.4 Å². The Morgan fingerprint density at radius 1 is 1.11 bits per heavy atom. The number of nitrogens with one attached hydrogen (secondary N) is 3. The predicted molar refractivity (Wildman–Crippen MR) is 65.5 cm³/mol. The lowest BCUT2D eigenvalue weighted by molar-refractivity contribution is 0.597. The number of rotatable bonds is 3. The lowest BCUT2D eigenvalue weighted by atomic mass is 10.2. The van der Waals surface area contributed by atoms with Crippen LogP contribution in [0.25, 0.3) is 10.9 Å². The van der Waals surface area contributed by atoms with Crippen LogP contribution in [0.4, 0.5) is 5.69 Å². The minimum absolute atomic E-state index is 0.0230. The normalized spacial score (nSPS) is 11.8. The van der Waals surface area contributed by atoms with Crippen LogP contribution in [-0.2, 0) is 10.0 Å². The number of benzene rings is 1. The van der Waals surface area contributed by atoms with E-state index < -0.39 is 10.0 Å². The zero-order valence-electron chi connectivity index (χ0n) is 9.08. The summed E-state index contributed by atoms with van der Waals surface area (Å²) in [6.45, 7) is 0. The summed E-state index contributed by atoms with van der Waals surface area (Å²) in [4.78, 5) is 0. The molecule has 2 aromatic heterocycles. The summed E-state index contributed by atoms with van der Waals surface area (Å²) in [5, 5.41) is 13.5. The van der Waals surface area contributed by atoms with Gasteiger partial charge in [0, 0.05) is 11.1 Å². The van der Waals surface area contributed by atoms with Gasteiger partial charge in [-0.2, -0.15) is 18.6 Å². The molecule has 92 valence electrons. The molecule has 0 saturated heterocycles. The average Bonchev–Trinajstić information content (AvgIpc) is 2.99. The van der Waals surface area contributed by atoms with Crippen molar-refractivity contribution in [3.8, 4) is 0 Å². The molecule has 3 N–H and O–H groups in total. The van der Waals surface area contributed by atoms with Gasteiger partial charge in [0.2, 0.25) is 0 Å². The number of hydrogen-bond acceptors (Lipinski definition) is 4. The molecule has 7 nitrogen and oxygen atoms in total. The van der Waals surface area contributed by atoms with Crippen molar-refractivity contribution in [2.75, 3.05) is 4.72 Å². The fraction of sp³-hybridized carbons (Fsp3) is 0. The van der Waals surface area contributed by atoms with Crippen molar-refractivity contribution >= 4 is 26.6 Å². The number of sulfonamides is 1. The molecule has 2 heterocycles. The molecule has 18 heavy (non-hydrogen) atoms. The Hall–Kier alpha value is -2.35. The van der Waals surface area contributed by atoms with E-state index in [0.29, 0.717) is 5.69 Å². The standard InChI is InChI=1S/C10H9N5O2S/c16-18(17,10-3-4-11-14-10)15-8-1-2-9-7(5-8)6-12-13-9/h1-6,15H,(H,11,14)(H,12,13). The number of hydrogen-bond donors (Lipinski definition) is 3. The Bertz CT molecular complexity index is 776. The number of aromatic nitrogens is 4. The zero-order chi connectivity index (χ0) is 12.6. The molecule has 0 aliphatic rings. The highest BCUT2D eigenvalue weighted by Crippen LogP contribution is 2.19. The van der Waals surface area contributed by atoms with Gasteiger partial charge in [0.1, 0.15) is 0 Å². The molecule has 0 amide bonds. The van der Waals surface area contributed by atoms with Crippen molar-refractivity contribution in [3.63, 3.8) is 0 Å². The van der Waals surface area contributed by atoms with E-state index in [-0.39, 0.29) is 5.03 Å². The van der Waals surface area contributed by atoms with Crippen molar-refractivity contribution < 1.29 is 8.42 Å². The van der Waals surface area contributed by atoms with Crippen molar-refractivity contribution in [1.29, 1.82) is 0 Å². The van der Waals surface area contributed by atoms with E-state index in [1.807, 2.05) is 0 Å². The van der Waals surface area contributed by atoms with Gasteiger partial charge < -0.3 is 0 Å². The van der Waals surface area contributed by atoms with Crippen molar-refractivity contribution in [2.45, 2.75) is 5.03 Å². The summed E-state index contributed by atoms with van der Waals surface area (Å²) in [7, 11) is -3.62. The second-order valence-corrected chi connectivity index (χ2v) is 5.35. The summed E-state index contributed by atoms with van der Waals surface area (Å²) in [5.41, 5.74) is 1.32. The highest BCUT2D eigenvalue weighted by molar-refractivity contribution is 7.92. The third kappa shape index (κ3) is 1.82. The molecule has 3 aromatic rings. The zero-order valence-corrected chi connectivity index (χ0v) is 9.90. The van der Waals surface area contributed by atoms with E-state index in [0.717, 1.165) is 10.9 Å². The van der Waals surface area contributed by atoms with E-state index in [1.54, 1.807) is 24.4 Å². The smallest absolute Gasteiger partial charge is 0.278 e. The molecular weight excluding hydrogens is 254 g/mol. The Morgan fingerprint density at radius 2 is 2.00 bits per heavy atom. The summed E-state index contributed by atoms with van der Waals surface area (Å²) < 4.78 is 26.3. The van der Waals surface area contributed by atoms with Crippen LogP contribution in [0.1, 0.15) is 0 Å². The van der Waals surface area contributed by atoms with Crippen LogP contribution < -0.4 is 4.72 Å². The molecule has 1 aromatic carbocycles. The Balaban J connectivity index is 1.97. The third-order valence-electron chi connectivity index (χ3n) is 2.46. The SMILES string of the molecule is O=S(=O)(Nc1ccc2[nH]ncc2c1)c1ccn[nH]1. The molecular formula is C10H9N5O2S. The topological polar surface area (TPSA) is 104 Å². The van der Waals surface area contributed by atoms with Gasteiger partial charge in [0.15, 0.2) is 5.03 Å². The Morgan fingerprint density at radius 3 is 2.78 bits per heavy atom. The molecule has 0 aliphatic carbocycles. The average molecular weight is 263 g/mol. The first-order chi connectivity index (χ1) is 8.65. The monoisotopic (exact) mass is 263 g/mol. The van der Waals surface area contributed by atoms with Crippen molar-refractivity contribution in [2.24, 2.45) is 0 Å². The quantitative estimate of drug-likeness (QED) is 0.658. The van der Waals surface area contributed by atoms with Crippen LogP contribution in [0.2, 0.25) is 0 Å². The molecule has 3 rings (SSSR count). The minimum atomic E-state index is -3.62. The second-order valence-electron chi connectivity index (χ2n) is 3.70. The van der Waals surface area contributed by atoms with E-state index in [2.05, 4.69) is 25.1 Å². The number of H-pyrrole nitrogens is 2. The van der Waals surface area contributed by atoms with Gasteiger partial charge in [-0.3, -0.25) is 14.9 Å². The molecule has 0 aliphatic heterocycles. The van der Waals surface area contributed by atoms with Gasteiger partial charge in [0.05, 0.1) is 17.9 Å². The van der Waals surface area contributed by atoms with Crippen LogP contribution in [0, 0.1) is 0 Å². The summed E-state index contributed by atoms with van der Waals surface area (Å²) in [6, 6.07) is 6.51. The third-order valence-corrected chi connectivity index (χ3v) is 3.77. The van der Waals surface area contributed by atoms with Crippen LogP contribution in [0.15, 0.2) is 41.7 Å². The van der Waals surface area contributed by atoms with Gasteiger partial charge in [-0.1, -0.05) is 0 Å². The molecule has 0 fully saturated rings. The van der Waals surface area contributed by atoms with E-state index in [4.69, 9.17) is 0 Å². The largest absolute Gasteiger partial charge is 0.278 e. The van der Waals surface area contributed by atoms with E-state index >= 15 is 0 Å². The molecule has 0 radical (unpaired) electrons. The molecule has 0 bridgehead atoms. The van der Waals surface area contributed by atoms with Crippen LogP contribution in [0.3, 0.4) is 0 Å². The van der Waals surface area contributed by atoms with Crippen LogP contribution in [-0.4, -0.2) is 28.8 Å². The highest BCUT2D eigenvalue weighted by Gasteiger charge is 2.15. The van der Waals surface area contributed by atoms with Gasteiger partial charge in [-0.25, -0.2) is 0 Å². The first-order valence-electron chi connectivity index (χ1n) is 5.10. The minimum Gasteiger partial charge on any atom is -0.278 e. The van der Waals surface area contributed by atoms with Gasteiger partial charge in [-0.05, 0) is 24.3 Å². The lowest BCUT2D eigenvalue weighted by Gasteiger charge is -2.05. The maximum atomic E-state index is 11.9. The van der Waals surface area contributed by atoms with Crippen molar-refractivity contribution in [3.05, 3.63) is 36.7 Å². The fourth-order valence-electron chi connectivity index (χ4n) is 1.61. The summed E-state index contributed by atoms with van der Waals surface area (Å²) in [6.07, 6.45) is 3.01. The maximum Gasteiger partial charge on any atom is 0.278 e. The highest BCUT2D eigenvalue weighted by atomic mass is 32.2. The number of aromatic amines is 2. The Labute approximate surface area is 102 Å². The van der Waals surface area contributed by atoms with E-state index in [9.17, 15) is 8.42 Å². The molecule has 8 heteroatoms. The molecule has 0 spiro atoms. The van der Waals surface area contributed by atoms with Gasteiger partial charge >= 0.3 is 0 Å². The summed E-state index contributed by atoms with van der Waals surface area (Å²) >= 11 is 0. The van der Waals surface area contributed by atoms with Gasteiger partial charge in [0.25, 0.3) is 10.0 Å². The van der Waals surface area contributed by atoms with Crippen LogP contribution in [0.5, 0.6) is 0 Å². The first-order valence-corrected chi connectivity index (χ1v) is 6.59. The van der Waals surface area contributed by atoms with Crippen LogP contribution >= 0.6 is 0 Å². The second kappa shape index (κ2) is 3.84. The molecule has 0 saturated carbocycles.